The Balaban J connectivity index is 2.71. The van der Waals surface area contributed by atoms with Crippen molar-refractivity contribution >= 4 is 17.5 Å². The second kappa shape index (κ2) is 4.78. The van der Waals surface area contributed by atoms with Crippen LogP contribution in [0.15, 0.2) is 16.7 Å². The number of nitrogens with zero attached hydrogens (tertiary/aromatic N) is 1. The second-order valence-corrected chi connectivity index (χ2v) is 4.12. The van der Waals surface area contributed by atoms with Crippen LogP contribution in [-0.4, -0.2) is 17.4 Å². The molecule has 0 saturated carbocycles. The molecule has 2 rings (SSSR count). The predicted molar refractivity (Wildman–Crippen MR) is 69.0 cm³/mol. The van der Waals surface area contributed by atoms with Crippen LogP contribution >= 0.6 is 11.6 Å². The highest BCUT2D eigenvalue weighted by Crippen LogP contribution is 2.44. The van der Waals surface area contributed by atoms with Crippen molar-refractivity contribution in [2.45, 2.75) is 13.3 Å². The zero-order valence-corrected chi connectivity index (χ0v) is 10.8. The molecule has 0 fully saturated rings. The molecule has 18 heavy (non-hydrogen) atoms. The average molecular weight is 269 g/mol. The molecule has 6 heteroatoms. The zero-order valence-electron chi connectivity index (χ0n) is 10.0. The van der Waals surface area contributed by atoms with Gasteiger partial charge < -0.3 is 20.1 Å². The van der Waals surface area contributed by atoms with Crippen molar-refractivity contribution in [1.82, 2.24) is 5.16 Å². The van der Waals surface area contributed by atoms with E-state index in [0.717, 1.165) is 5.56 Å². The summed E-state index contributed by atoms with van der Waals surface area (Å²) in [5.74, 6) is 0.419. The number of ether oxygens (including phenoxy) is 1. The van der Waals surface area contributed by atoms with Crippen LogP contribution < -0.4 is 10.5 Å². The van der Waals surface area contributed by atoms with E-state index in [2.05, 4.69) is 5.16 Å². The van der Waals surface area contributed by atoms with E-state index in [4.69, 9.17) is 26.6 Å². The number of phenols is 1. The number of methoxy groups -OCH3 is 1. The number of halogens is 1. The van der Waals surface area contributed by atoms with E-state index in [1.807, 2.05) is 6.92 Å². The number of benzene rings is 1. The largest absolute Gasteiger partial charge is 0.504 e. The van der Waals surface area contributed by atoms with Crippen LogP contribution in [0.2, 0.25) is 5.02 Å². The van der Waals surface area contributed by atoms with Crippen LogP contribution in [0, 0.1) is 0 Å². The lowest BCUT2D eigenvalue weighted by molar-refractivity contribution is 0.373. The smallest absolute Gasteiger partial charge is 0.222 e. The number of aromatic hydroxyl groups is 1. The molecule has 1 heterocycles. The molecule has 0 amide bonds. The van der Waals surface area contributed by atoms with Crippen molar-refractivity contribution in [2.75, 3.05) is 12.8 Å². The SMILES string of the molecule is CCc1cc(OC)c(O)c(-c2cc(N)on2)c1Cl. The molecular weight excluding hydrogens is 256 g/mol. The molecule has 1 aromatic carbocycles. The van der Waals surface area contributed by atoms with Gasteiger partial charge in [0.2, 0.25) is 5.88 Å². The summed E-state index contributed by atoms with van der Waals surface area (Å²) >= 11 is 6.25. The molecule has 0 radical (unpaired) electrons. The van der Waals surface area contributed by atoms with Gasteiger partial charge in [0.1, 0.15) is 5.69 Å². The topological polar surface area (TPSA) is 81.5 Å². The highest BCUT2D eigenvalue weighted by molar-refractivity contribution is 6.34. The van der Waals surface area contributed by atoms with Crippen LogP contribution in [0.1, 0.15) is 12.5 Å². The molecule has 0 aliphatic rings. The van der Waals surface area contributed by atoms with Gasteiger partial charge in [-0.2, -0.15) is 0 Å². The van der Waals surface area contributed by atoms with Crippen molar-refractivity contribution in [3.05, 3.63) is 22.7 Å². The Morgan fingerprint density at radius 3 is 2.72 bits per heavy atom. The molecule has 0 spiro atoms. The summed E-state index contributed by atoms with van der Waals surface area (Å²) in [6.07, 6.45) is 0.704. The quantitative estimate of drug-likeness (QED) is 0.894. The first-order valence-electron chi connectivity index (χ1n) is 5.39. The fraction of sp³-hybridized carbons (Fsp3) is 0.250. The number of hydrogen-bond acceptors (Lipinski definition) is 5. The van der Waals surface area contributed by atoms with E-state index in [-0.39, 0.29) is 11.6 Å². The molecule has 1 aromatic heterocycles. The lowest BCUT2D eigenvalue weighted by Crippen LogP contribution is -1.93. The Hall–Kier alpha value is -1.88. The normalized spacial score (nSPS) is 10.6. The van der Waals surface area contributed by atoms with Gasteiger partial charge in [0.15, 0.2) is 11.5 Å². The first-order chi connectivity index (χ1) is 8.58. The number of nitrogen functional groups attached to an aromatic ring is 1. The molecule has 0 unspecified atom stereocenters. The number of rotatable bonds is 3. The van der Waals surface area contributed by atoms with Crippen LogP contribution in [-0.2, 0) is 6.42 Å². The summed E-state index contributed by atoms with van der Waals surface area (Å²) in [5, 5.41) is 14.3. The number of aromatic nitrogens is 1. The minimum atomic E-state index is -0.0759. The molecule has 5 nitrogen and oxygen atoms in total. The van der Waals surface area contributed by atoms with E-state index >= 15 is 0 Å². The number of aryl methyl sites for hydroxylation is 1. The minimum Gasteiger partial charge on any atom is -0.504 e. The molecule has 0 aliphatic heterocycles. The highest BCUT2D eigenvalue weighted by Gasteiger charge is 2.20. The molecule has 3 N–H and O–H groups in total. The van der Waals surface area contributed by atoms with Crippen LogP contribution in [0.4, 0.5) is 5.88 Å². The number of anilines is 1. The Bertz CT molecular complexity index is 553. The third kappa shape index (κ3) is 1.97. The fourth-order valence-electron chi connectivity index (χ4n) is 1.73. The molecule has 2 aromatic rings. The molecule has 0 atom stereocenters. The number of hydrogen-bond donors (Lipinski definition) is 2. The second-order valence-electron chi connectivity index (χ2n) is 3.74. The molecule has 0 bridgehead atoms. The zero-order chi connectivity index (χ0) is 13.3. The molecular formula is C12H13ClN2O3. The van der Waals surface area contributed by atoms with E-state index in [9.17, 15) is 5.11 Å². The van der Waals surface area contributed by atoms with Crippen molar-refractivity contribution in [1.29, 1.82) is 0 Å². The Morgan fingerprint density at radius 2 is 2.22 bits per heavy atom. The third-order valence-electron chi connectivity index (χ3n) is 2.66. The molecule has 96 valence electrons. The lowest BCUT2D eigenvalue weighted by Gasteiger charge is -2.12. The summed E-state index contributed by atoms with van der Waals surface area (Å²) in [6.45, 7) is 1.96. The fourth-order valence-corrected chi connectivity index (χ4v) is 2.11. The van der Waals surface area contributed by atoms with E-state index < -0.39 is 0 Å². The van der Waals surface area contributed by atoms with Crippen LogP contribution in [0.5, 0.6) is 11.5 Å². The maximum Gasteiger partial charge on any atom is 0.222 e. The van der Waals surface area contributed by atoms with Crippen molar-refractivity contribution in [3.8, 4) is 22.8 Å². The van der Waals surface area contributed by atoms with Crippen molar-refractivity contribution in [3.63, 3.8) is 0 Å². The van der Waals surface area contributed by atoms with Crippen LogP contribution in [0.25, 0.3) is 11.3 Å². The van der Waals surface area contributed by atoms with Crippen LogP contribution in [0.3, 0.4) is 0 Å². The summed E-state index contributed by atoms with van der Waals surface area (Å²) in [5.41, 5.74) is 7.07. The minimum absolute atomic E-state index is 0.0759. The van der Waals surface area contributed by atoms with Gasteiger partial charge in [0.25, 0.3) is 0 Å². The third-order valence-corrected chi connectivity index (χ3v) is 3.09. The summed E-state index contributed by atoms with van der Waals surface area (Å²) in [4.78, 5) is 0. The lowest BCUT2D eigenvalue weighted by atomic mass is 10.0. The summed E-state index contributed by atoms with van der Waals surface area (Å²) in [7, 11) is 1.48. The summed E-state index contributed by atoms with van der Waals surface area (Å²) in [6, 6.07) is 3.20. The summed E-state index contributed by atoms with van der Waals surface area (Å²) < 4.78 is 9.91. The van der Waals surface area contributed by atoms with E-state index in [0.29, 0.717) is 28.5 Å². The standard InChI is InChI=1S/C12H13ClN2O3/c1-3-6-4-8(17-2)12(16)10(11(6)13)7-5-9(14)18-15-7/h4-5,16H,3,14H2,1-2H3. The van der Waals surface area contributed by atoms with Gasteiger partial charge in [0.05, 0.1) is 17.7 Å². The van der Waals surface area contributed by atoms with E-state index in [1.165, 1.54) is 13.2 Å². The van der Waals surface area contributed by atoms with Gasteiger partial charge in [-0.05, 0) is 18.1 Å². The first-order valence-corrected chi connectivity index (χ1v) is 5.77. The highest BCUT2D eigenvalue weighted by atomic mass is 35.5. The van der Waals surface area contributed by atoms with Crippen molar-refractivity contribution < 1.29 is 14.4 Å². The van der Waals surface area contributed by atoms with Gasteiger partial charge in [-0.25, -0.2) is 0 Å². The molecule has 0 aliphatic carbocycles. The Kier molecular flexibility index (Phi) is 3.34. The van der Waals surface area contributed by atoms with Crippen molar-refractivity contribution in [2.24, 2.45) is 0 Å². The average Bonchev–Trinajstić information content (AvgIpc) is 2.76. The first kappa shape index (κ1) is 12.6. The van der Waals surface area contributed by atoms with E-state index in [1.54, 1.807) is 6.07 Å². The van der Waals surface area contributed by atoms with Gasteiger partial charge >= 0.3 is 0 Å². The number of phenolic OH excluding ortho intramolecular Hbond substituents is 1. The van der Waals surface area contributed by atoms with Gasteiger partial charge in [0, 0.05) is 6.07 Å². The predicted octanol–water partition coefficient (Wildman–Crippen LogP) is 2.85. The van der Waals surface area contributed by atoms with Gasteiger partial charge in [-0.15, -0.1) is 0 Å². The maximum absolute atomic E-state index is 10.1. The monoisotopic (exact) mass is 268 g/mol. The van der Waals surface area contributed by atoms with Gasteiger partial charge in [-0.3, -0.25) is 0 Å². The Labute approximate surface area is 109 Å². The number of nitrogens with two attached hydrogens (primary N) is 1. The Morgan fingerprint density at radius 1 is 1.50 bits per heavy atom. The van der Waals surface area contributed by atoms with Gasteiger partial charge in [-0.1, -0.05) is 23.7 Å². The maximum atomic E-state index is 10.1. The molecule has 0 saturated heterocycles.